The Balaban J connectivity index is -0.000000131. The van der Waals surface area contributed by atoms with E-state index in [2.05, 4.69) is 20.8 Å². The average Bonchev–Trinajstić information content (AvgIpc) is 3.36. The first-order valence-electron chi connectivity index (χ1n) is 20.8. The van der Waals surface area contributed by atoms with Gasteiger partial charge in [-0.2, -0.15) is 35.9 Å². The number of ether oxygens (including phenoxy) is 1. The molecule has 0 spiro atoms. The Morgan fingerprint density at radius 3 is 0.868 bits per heavy atom. The Bertz CT molecular complexity index is 1360. The van der Waals surface area contributed by atoms with Gasteiger partial charge in [-0.05, 0) is 36.4 Å². The van der Waals surface area contributed by atoms with E-state index in [1.807, 2.05) is 0 Å². The predicted molar refractivity (Wildman–Crippen MR) is 272 cm³/mol. The summed E-state index contributed by atoms with van der Waals surface area (Å²) in [7, 11) is 31.2. The van der Waals surface area contributed by atoms with Gasteiger partial charge < -0.3 is 68.6 Å². The number of halogens is 7. The van der Waals surface area contributed by atoms with E-state index in [9.17, 15) is 18.8 Å². The molecule has 3 aliphatic rings. The van der Waals surface area contributed by atoms with Crippen molar-refractivity contribution in [2.75, 3.05) is 28.5 Å². The fraction of sp³-hybridized carbons (Fsp3) is 0.478. The number of hydrogen-bond donors (Lipinski definition) is 4. The van der Waals surface area contributed by atoms with Crippen LogP contribution in [-0.4, -0.2) is 90.4 Å². The van der Waals surface area contributed by atoms with Gasteiger partial charge >= 0.3 is 124 Å². The van der Waals surface area contributed by atoms with Gasteiger partial charge in [-0.25, -0.2) is 14.4 Å². The number of aliphatic hydroxyl groups excluding tert-OH is 3. The van der Waals surface area contributed by atoms with Crippen LogP contribution in [0.2, 0.25) is 0 Å². The maximum absolute atomic E-state index is 11.6. The molecule has 0 amide bonds. The van der Waals surface area contributed by atoms with E-state index in [0.29, 0.717) is 34.4 Å². The fourth-order valence-corrected chi connectivity index (χ4v) is 5.55. The number of carbonyl (C=O) groups excluding carboxylic acids is 2. The monoisotopic (exact) mass is 1630 g/mol. The number of esters is 2. The first-order valence-corrected chi connectivity index (χ1v) is 37.0. The third kappa shape index (κ3) is 52.1. The summed E-state index contributed by atoms with van der Waals surface area (Å²) in [4.78, 5) is 33.4. The van der Waals surface area contributed by atoms with E-state index in [0.717, 1.165) is 40.6 Å². The van der Waals surface area contributed by atoms with Crippen LogP contribution in [0.4, 0.5) is 4.39 Å². The molecule has 0 unspecified atom stereocenters. The zero-order valence-corrected chi connectivity index (χ0v) is 49.8. The van der Waals surface area contributed by atoms with Gasteiger partial charge in [0.05, 0.1) is 25.2 Å². The van der Waals surface area contributed by atoms with Crippen LogP contribution in [0.25, 0.3) is 17.2 Å². The molecule has 68 heavy (non-hydrogen) atoms. The minimum absolute atomic E-state index is 0. The number of aromatic carboxylic acids is 1. The molecule has 3 aliphatic carbocycles. The van der Waals surface area contributed by atoms with Gasteiger partial charge in [-0.3, -0.25) is 4.39 Å². The molecule has 12 nitrogen and oxygen atoms in total. The van der Waals surface area contributed by atoms with E-state index < -0.39 is 74.5 Å². The second kappa shape index (κ2) is 64.7. The molecule has 0 radical (unpaired) electrons. The summed E-state index contributed by atoms with van der Waals surface area (Å²) >= 11 is -1.42. The molecule has 404 valence electrons. The van der Waals surface area contributed by atoms with E-state index >= 15 is 0 Å². The van der Waals surface area contributed by atoms with Gasteiger partial charge in [0.25, 0.3) is 0 Å². The summed E-state index contributed by atoms with van der Waals surface area (Å²) in [6.07, 6.45) is 14.4. The zero-order valence-electron chi connectivity index (χ0n) is 39.5. The molecule has 0 heterocycles. The first kappa shape index (κ1) is 79.1. The number of hydrogen-bond acceptors (Lipinski definition) is 7. The zero-order chi connectivity index (χ0) is 53.6. The number of nitrogens with one attached hydrogen (secondary N) is 3. The van der Waals surface area contributed by atoms with Crippen LogP contribution in [0.15, 0.2) is 91.0 Å². The molecule has 9 N–H and O–H groups in total. The quantitative estimate of drug-likeness (QED) is 0.111. The summed E-state index contributed by atoms with van der Waals surface area (Å²) < 4.78 is 20.2. The molecule has 3 aromatic rings. The Morgan fingerprint density at radius 1 is 0.529 bits per heavy atom. The third-order valence-corrected chi connectivity index (χ3v) is 8.95. The second-order valence-corrected chi connectivity index (χ2v) is 23.0. The molecule has 0 aliphatic heterocycles. The predicted octanol–water partition coefficient (Wildman–Crippen LogP) is 14.1. The molecule has 3 saturated carbocycles. The number of carboxylic acid groups (broad SMARTS) is 1. The molecule has 6 atom stereocenters. The first-order chi connectivity index (χ1) is 32.6. The van der Waals surface area contributed by atoms with Crippen molar-refractivity contribution < 1.29 is 100 Å². The van der Waals surface area contributed by atoms with Crippen molar-refractivity contribution in [1.82, 2.24) is 0 Å². The van der Waals surface area contributed by atoms with Crippen LogP contribution in [0.1, 0.15) is 109 Å². The van der Waals surface area contributed by atoms with Crippen LogP contribution >= 0.6 is 56.5 Å². The fourth-order valence-electron chi connectivity index (χ4n) is 5.55. The number of benzene rings is 3. The van der Waals surface area contributed by atoms with Gasteiger partial charge in [0.2, 0.25) is 0 Å². The van der Waals surface area contributed by atoms with Crippen LogP contribution in [-0.2, 0) is 54.2 Å². The second-order valence-electron chi connectivity index (χ2n) is 13.2. The van der Waals surface area contributed by atoms with Crippen molar-refractivity contribution in [2.24, 2.45) is 17.8 Å². The van der Waals surface area contributed by atoms with Crippen molar-refractivity contribution in [2.45, 2.75) is 95.2 Å². The van der Waals surface area contributed by atoms with E-state index in [1.165, 1.54) is 57.8 Å². The van der Waals surface area contributed by atoms with Crippen LogP contribution < -0.4 is 0 Å². The van der Waals surface area contributed by atoms with Crippen LogP contribution in [0, 0.1) is 38.5 Å². The Morgan fingerprint density at radius 2 is 0.721 bits per heavy atom. The van der Waals surface area contributed by atoms with Gasteiger partial charge in [0, 0.05) is 21.3 Å². The topological polar surface area (TPSA) is 244 Å². The van der Waals surface area contributed by atoms with Crippen molar-refractivity contribution in [1.29, 1.82) is 0 Å². The Hall–Kier alpha value is -0.275. The summed E-state index contributed by atoms with van der Waals surface area (Å²) in [5.74, 6) is -0.897. The average molecular weight is 1630 g/mol. The Kier molecular flexibility index (Phi) is 75.3. The van der Waals surface area contributed by atoms with Crippen LogP contribution in [0.3, 0.4) is 0 Å². The van der Waals surface area contributed by atoms with Crippen LogP contribution in [0.5, 0.6) is 0 Å². The molecule has 0 bridgehead atoms. The molecular weight excluding hydrogens is 1560 g/mol. The standard InChI is InChI=1S/C14H10O3.3C7H13N.C7H6O2.CH3F.3CH4O.6ClH.H2O.3Pt/c15-13(11-7-3-1-4-8-11)17-14(16)12-9-5-2-6-10-12;3*1-6-4-2-3-5-7(6)8;8-7(9)6-4-2-1-3-5-6;4*1-2;;;;;;;;;;/h1-10H;3*6-8H,1-5H2;1-5H,(H,8,9);1H3;3*2H,1H3;6*1H;1H2;;;/q;3*-2;;;;;;;;;;;;;3*+4/p-6/t;3*6-,7-;;;;;;;;;;;;;;;/m.111.............../s1/i;;;;;1D;;;;;;;;;;;;;. The molecule has 3 aromatic carbocycles. The third-order valence-electron chi connectivity index (χ3n) is 8.95. The number of aliphatic hydroxyl groups is 3. The minimum atomic E-state index is -1.00. The van der Waals surface area contributed by atoms with Gasteiger partial charge in [-0.15, -0.1) is 0 Å². The van der Waals surface area contributed by atoms with Gasteiger partial charge in [0.15, 0.2) is 0 Å². The van der Waals surface area contributed by atoms with Crippen molar-refractivity contribution in [3.8, 4) is 0 Å². The summed E-state index contributed by atoms with van der Waals surface area (Å²) in [6, 6.07) is 25.5. The number of carboxylic acids is 1. The molecular formula is C46H72Cl6FN3O9Pt3. The molecule has 0 saturated heterocycles. The molecule has 6 rings (SSSR count). The SMILES string of the molecule is CO.CO.CO.O.O=C(O)c1ccccc1.O=C(OC(=O)c1ccccc1)c1ccccc1.[2H]CF.[CH2-][C@@H]1CCCC[C@H]1[NH-].[CH2-][C@@H]1CCCC[C@H]1[NH-].[CH2-][C@@H]1CCCC[C@H]1[NH-].[Cl][Pt+2][Cl].[Cl][Pt+2][Cl].[Cl][Pt+2][Cl]. The van der Waals surface area contributed by atoms with Gasteiger partial charge in [0.1, 0.15) is 0 Å². The van der Waals surface area contributed by atoms with Crippen molar-refractivity contribution in [3.63, 3.8) is 0 Å². The summed E-state index contributed by atoms with van der Waals surface area (Å²) in [5.41, 5.74) is 23.3. The van der Waals surface area contributed by atoms with E-state index in [4.69, 9.17) is 100 Å². The number of carbonyl (C=O) groups is 3. The maximum atomic E-state index is 11.6. The summed E-state index contributed by atoms with van der Waals surface area (Å²) in [5, 5.41) is 29.4. The Labute approximate surface area is 457 Å². The molecule has 0 aromatic heterocycles. The van der Waals surface area contributed by atoms with Crippen molar-refractivity contribution >= 4 is 74.4 Å². The molecule has 22 heteroatoms. The normalized spacial score (nSPS) is 19.1. The molecule has 3 fully saturated rings. The van der Waals surface area contributed by atoms with E-state index in [1.54, 1.807) is 91.0 Å². The number of rotatable bonds is 3. The van der Waals surface area contributed by atoms with Crippen molar-refractivity contribution in [3.05, 3.63) is 146 Å². The number of alkyl halides is 1. The van der Waals surface area contributed by atoms with E-state index in [-0.39, 0.29) is 23.6 Å². The summed E-state index contributed by atoms with van der Waals surface area (Å²) in [6.45, 7) is 11.7. The van der Waals surface area contributed by atoms with Gasteiger partial charge in [-0.1, -0.05) is 132 Å².